The van der Waals surface area contributed by atoms with E-state index in [4.69, 9.17) is 21.4 Å². The van der Waals surface area contributed by atoms with E-state index in [1.165, 1.54) is 7.11 Å². The van der Waals surface area contributed by atoms with Crippen LogP contribution in [0.25, 0.3) is 0 Å². The Balaban J connectivity index is 1.61. The maximum atomic E-state index is 12.5. The SMILES string of the molecule is COc1ccc(Br)cc1C(=O)NC(=S)Nc1cccc(C(=O)NCc2ccco2)c1. The first kappa shape index (κ1) is 21.5. The van der Waals surface area contributed by atoms with Gasteiger partial charge in [0.25, 0.3) is 11.8 Å². The van der Waals surface area contributed by atoms with Crippen molar-refractivity contribution in [2.45, 2.75) is 6.54 Å². The van der Waals surface area contributed by atoms with Crippen molar-refractivity contribution in [2.24, 2.45) is 0 Å². The van der Waals surface area contributed by atoms with E-state index in [1.807, 2.05) is 0 Å². The molecule has 9 heteroatoms. The van der Waals surface area contributed by atoms with Gasteiger partial charge in [0, 0.05) is 15.7 Å². The van der Waals surface area contributed by atoms with Gasteiger partial charge < -0.3 is 19.8 Å². The lowest BCUT2D eigenvalue weighted by Crippen LogP contribution is -2.34. The molecular formula is C21H18BrN3O4S. The Morgan fingerprint density at radius 3 is 2.67 bits per heavy atom. The van der Waals surface area contributed by atoms with Crippen molar-refractivity contribution < 1.29 is 18.7 Å². The molecule has 0 fully saturated rings. The minimum Gasteiger partial charge on any atom is -0.496 e. The highest BCUT2D eigenvalue weighted by Crippen LogP contribution is 2.23. The summed E-state index contributed by atoms with van der Waals surface area (Å²) in [5.41, 5.74) is 1.34. The minimum absolute atomic E-state index is 0.0928. The van der Waals surface area contributed by atoms with Crippen molar-refractivity contribution in [3.05, 3.63) is 82.2 Å². The summed E-state index contributed by atoms with van der Waals surface area (Å²) >= 11 is 8.56. The molecule has 0 aliphatic rings. The molecule has 0 saturated carbocycles. The van der Waals surface area contributed by atoms with Gasteiger partial charge in [-0.25, -0.2) is 0 Å². The second kappa shape index (κ2) is 10.0. The zero-order valence-corrected chi connectivity index (χ0v) is 18.3. The zero-order chi connectivity index (χ0) is 21.5. The third-order valence-electron chi connectivity index (χ3n) is 4.02. The topological polar surface area (TPSA) is 92.6 Å². The fourth-order valence-electron chi connectivity index (χ4n) is 2.61. The number of carbonyl (C=O) groups excluding carboxylic acids is 2. The predicted octanol–water partition coefficient (Wildman–Crippen LogP) is 4.11. The molecule has 0 aliphatic heterocycles. The Labute approximate surface area is 186 Å². The van der Waals surface area contributed by atoms with Gasteiger partial charge in [0.2, 0.25) is 0 Å². The first-order valence-electron chi connectivity index (χ1n) is 8.83. The highest BCUT2D eigenvalue weighted by atomic mass is 79.9. The number of thiocarbonyl (C=S) groups is 1. The van der Waals surface area contributed by atoms with Gasteiger partial charge in [0.05, 0.1) is 25.5 Å². The van der Waals surface area contributed by atoms with Crippen LogP contribution in [-0.4, -0.2) is 24.0 Å². The van der Waals surface area contributed by atoms with Crippen molar-refractivity contribution in [3.8, 4) is 5.75 Å². The number of hydrogen-bond donors (Lipinski definition) is 3. The van der Waals surface area contributed by atoms with E-state index < -0.39 is 5.91 Å². The maximum Gasteiger partial charge on any atom is 0.261 e. The lowest BCUT2D eigenvalue weighted by atomic mass is 10.2. The number of carbonyl (C=O) groups is 2. The van der Waals surface area contributed by atoms with Crippen molar-refractivity contribution in [1.82, 2.24) is 10.6 Å². The number of methoxy groups -OCH3 is 1. The molecule has 3 aromatic rings. The number of rotatable bonds is 6. The smallest absolute Gasteiger partial charge is 0.261 e. The summed E-state index contributed by atoms with van der Waals surface area (Å²) in [7, 11) is 1.49. The van der Waals surface area contributed by atoms with Crippen LogP contribution in [0, 0.1) is 0 Å². The van der Waals surface area contributed by atoms with Gasteiger partial charge in [-0.3, -0.25) is 14.9 Å². The molecule has 0 saturated heterocycles. The normalized spacial score (nSPS) is 10.2. The summed E-state index contributed by atoms with van der Waals surface area (Å²) in [4.78, 5) is 24.9. The van der Waals surface area contributed by atoms with E-state index >= 15 is 0 Å². The van der Waals surface area contributed by atoms with Gasteiger partial charge in [0.15, 0.2) is 5.11 Å². The minimum atomic E-state index is -0.419. The highest BCUT2D eigenvalue weighted by molar-refractivity contribution is 9.10. The summed E-state index contributed by atoms with van der Waals surface area (Å²) in [5, 5.41) is 8.38. The Bertz CT molecular complexity index is 1070. The molecule has 30 heavy (non-hydrogen) atoms. The summed E-state index contributed by atoms with van der Waals surface area (Å²) in [6.07, 6.45) is 1.55. The fourth-order valence-corrected chi connectivity index (χ4v) is 3.18. The van der Waals surface area contributed by atoms with Crippen LogP contribution in [0.15, 0.2) is 69.8 Å². The lowest BCUT2D eigenvalue weighted by molar-refractivity contribution is 0.0945. The third kappa shape index (κ3) is 5.68. The van der Waals surface area contributed by atoms with E-state index in [1.54, 1.807) is 60.9 Å². The van der Waals surface area contributed by atoms with Gasteiger partial charge in [-0.05, 0) is 60.7 Å². The Kier molecular flexibility index (Phi) is 7.21. The van der Waals surface area contributed by atoms with Gasteiger partial charge in [0.1, 0.15) is 11.5 Å². The first-order valence-corrected chi connectivity index (χ1v) is 10.0. The summed E-state index contributed by atoms with van der Waals surface area (Å²) in [5.74, 6) is 0.403. The van der Waals surface area contributed by atoms with Crippen LogP contribution in [0.1, 0.15) is 26.5 Å². The summed E-state index contributed by atoms with van der Waals surface area (Å²) in [6, 6.07) is 15.4. The number of halogens is 1. The molecule has 3 rings (SSSR count). The lowest BCUT2D eigenvalue weighted by Gasteiger charge is -2.12. The number of benzene rings is 2. The standard InChI is InChI=1S/C21H18BrN3O4S/c1-28-18-8-7-14(22)11-17(18)20(27)25-21(30)24-15-5-2-4-13(10-15)19(26)23-12-16-6-3-9-29-16/h2-11H,12H2,1H3,(H,23,26)(H2,24,25,27,30). The van der Waals surface area contributed by atoms with Gasteiger partial charge in [-0.1, -0.05) is 22.0 Å². The molecule has 2 amide bonds. The second-order valence-electron chi connectivity index (χ2n) is 6.10. The number of ether oxygens (including phenoxy) is 1. The molecule has 2 aromatic carbocycles. The molecule has 7 nitrogen and oxygen atoms in total. The van der Waals surface area contributed by atoms with Crippen LogP contribution < -0.4 is 20.7 Å². The zero-order valence-electron chi connectivity index (χ0n) is 15.9. The monoisotopic (exact) mass is 487 g/mol. The van der Waals surface area contributed by atoms with Gasteiger partial charge >= 0.3 is 0 Å². The van der Waals surface area contributed by atoms with Crippen LogP contribution in [0.3, 0.4) is 0 Å². The molecular weight excluding hydrogens is 470 g/mol. The maximum absolute atomic E-state index is 12.5. The molecule has 1 heterocycles. The molecule has 0 aliphatic carbocycles. The van der Waals surface area contributed by atoms with E-state index in [-0.39, 0.29) is 17.6 Å². The quantitative estimate of drug-likeness (QED) is 0.453. The fraction of sp³-hybridized carbons (Fsp3) is 0.0952. The van der Waals surface area contributed by atoms with Crippen molar-refractivity contribution in [1.29, 1.82) is 0 Å². The second-order valence-corrected chi connectivity index (χ2v) is 7.42. The molecule has 0 spiro atoms. The first-order chi connectivity index (χ1) is 14.5. The van der Waals surface area contributed by atoms with Crippen LogP contribution in [0.4, 0.5) is 5.69 Å². The Hall–Kier alpha value is -3.17. The number of nitrogens with one attached hydrogen (secondary N) is 3. The molecule has 154 valence electrons. The number of amides is 2. The van der Waals surface area contributed by atoms with E-state index in [2.05, 4.69) is 31.9 Å². The number of furan rings is 1. The highest BCUT2D eigenvalue weighted by Gasteiger charge is 2.15. The van der Waals surface area contributed by atoms with Crippen molar-refractivity contribution in [2.75, 3.05) is 12.4 Å². The third-order valence-corrected chi connectivity index (χ3v) is 4.72. The molecule has 0 bridgehead atoms. The van der Waals surface area contributed by atoms with E-state index in [9.17, 15) is 9.59 Å². The van der Waals surface area contributed by atoms with E-state index in [0.29, 0.717) is 28.3 Å². The molecule has 3 N–H and O–H groups in total. The average Bonchev–Trinajstić information content (AvgIpc) is 3.25. The van der Waals surface area contributed by atoms with Gasteiger partial charge in [-0.2, -0.15) is 0 Å². The van der Waals surface area contributed by atoms with Crippen LogP contribution in [0.2, 0.25) is 0 Å². The largest absolute Gasteiger partial charge is 0.496 e. The van der Waals surface area contributed by atoms with E-state index in [0.717, 1.165) is 4.47 Å². The summed E-state index contributed by atoms with van der Waals surface area (Å²) in [6.45, 7) is 0.284. The van der Waals surface area contributed by atoms with Crippen molar-refractivity contribution >= 4 is 50.8 Å². The Morgan fingerprint density at radius 1 is 1.10 bits per heavy atom. The average molecular weight is 488 g/mol. The van der Waals surface area contributed by atoms with Crippen LogP contribution in [0.5, 0.6) is 5.75 Å². The molecule has 0 atom stereocenters. The summed E-state index contributed by atoms with van der Waals surface area (Å²) < 4.78 is 11.2. The number of anilines is 1. The predicted molar refractivity (Wildman–Crippen MR) is 121 cm³/mol. The number of hydrogen-bond acceptors (Lipinski definition) is 5. The Morgan fingerprint density at radius 2 is 1.93 bits per heavy atom. The van der Waals surface area contributed by atoms with Gasteiger partial charge in [-0.15, -0.1) is 0 Å². The molecule has 0 radical (unpaired) electrons. The molecule has 1 aromatic heterocycles. The van der Waals surface area contributed by atoms with Crippen molar-refractivity contribution in [3.63, 3.8) is 0 Å². The van der Waals surface area contributed by atoms with Crippen LogP contribution in [-0.2, 0) is 6.54 Å². The van der Waals surface area contributed by atoms with Crippen LogP contribution >= 0.6 is 28.1 Å². The molecule has 0 unspecified atom stereocenters.